The third kappa shape index (κ3) is 2.76. The number of aromatic nitrogens is 1. The van der Waals surface area contributed by atoms with Crippen molar-refractivity contribution in [2.24, 2.45) is 0 Å². The van der Waals surface area contributed by atoms with Crippen molar-refractivity contribution in [1.29, 1.82) is 0 Å². The van der Waals surface area contributed by atoms with Crippen molar-refractivity contribution in [1.82, 2.24) is 4.98 Å². The van der Waals surface area contributed by atoms with Crippen LogP contribution in [0.5, 0.6) is 0 Å². The van der Waals surface area contributed by atoms with E-state index in [-0.39, 0.29) is 23.9 Å². The molecule has 1 fully saturated rings. The van der Waals surface area contributed by atoms with Crippen LogP contribution >= 0.6 is 0 Å². The van der Waals surface area contributed by atoms with Gasteiger partial charge in [-0.2, -0.15) is 0 Å². The van der Waals surface area contributed by atoms with Crippen molar-refractivity contribution in [3.8, 4) is 0 Å². The number of fused-ring (bicyclic) bond motifs is 1. The van der Waals surface area contributed by atoms with Gasteiger partial charge >= 0.3 is 0 Å². The molecule has 128 valence electrons. The number of Topliss-reactive ketones (excluding diaryl/α,β-unsaturated/α-hetero) is 1. The molecule has 0 bridgehead atoms. The van der Waals surface area contributed by atoms with Crippen LogP contribution < -0.4 is 0 Å². The van der Waals surface area contributed by atoms with Gasteiger partial charge < -0.3 is 4.42 Å². The maximum atomic E-state index is 14.2. The molecule has 0 spiro atoms. The molecule has 1 heterocycles. The largest absolute Gasteiger partial charge is 0.440 e. The van der Waals surface area contributed by atoms with Crippen LogP contribution in [0.1, 0.15) is 49.6 Å². The van der Waals surface area contributed by atoms with E-state index >= 15 is 0 Å². The second kappa shape index (κ2) is 5.80. The number of ketones is 1. The van der Waals surface area contributed by atoms with Gasteiger partial charge in [0.1, 0.15) is 16.7 Å². The van der Waals surface area contributed by atoms with E-state index in [0.29, 0.717) is 22.6 Å². The first-order valence-electron chi connectivity index (χ1n) is 8.67. The Morgan fingerprint density at radius 2 is 2.00 bits per heavy atom. The highest BCUT2D eigenvalue weighted by atomic mass is 19.1. The lowest BCUT2D eigenvalue weighted by Crippen LogP contribution is -2.23. The number of carbonyl (C=O) groups is 1. The summed E-state index contributed by atoms with van der Waals surface area (Å²) < 4.78 is 20.0. The van der Waals surface area contributed by atoms with Gasteiger partial charge in [-0.3, -0.25) is 4.79 Å². The lowest BCUT2D eigenvalue weighted by molar-refractivity contribution is -0.121. The number of oxazole rings is 1. The average molecular weight is 337 g/mol. The molecule has 0 saturated heterocycles. The van der Waals surface area contributed by atoms with Crippen LogP contribution in [0.2, 0.25) is 0 Å². The quantitative estimate of drug-likeness (QED) is 0.663. The Hall–Kier alpha value is -2.49. The molecular weight excluding hydrogens is 317 g/mol. The minimum atomic E-state index is -0.633. The van der Waals surface area contributed by atoms with E-state index in [4.69, 9.17) is 4.42 Å². The average Bonchev–Trinajstić information content (AvgIpc) is 3.28. The Labute approximate surface area is 145 Å². The molecule has 1 aromatic heterocycles. The minimum Gasteiger partial charge on any atom is -0.440 e. The van der Waals surface area contributed by atoms with Crippen LogP contribution in [0.25, 0.3) is 11.1 Å². The number of rotatable bonds is 5. The van der Waals surface area contributed by atoms with E-state index in [1.165, 1.54) is 6.07 Å². The van der Waals surface area contributed by atoms with E-state index in [1.54, 1.807) is 6.07 Å². The molecule has 4 rings (SSSR count). The highest BCUT2D eigenvalue weighted by Gasteiger charge is 2.54. The molecule has 0 unspecified atom stereocenters. The summed E-state index contributed by atoms with van der Waals surface area (Å²) >= 11 is 0. The molecule has 0 aliphatic heterocycles. The number of hydrogen-bond donors (Lipinski definition) is 0. The maximum Gasteiger partial charge on any atom is 0.209 e. The predicted molar refractivity (Wildman–Crippen MR) is 94.1 cm³/mol. The minimum absolute atomic E-state index is 0.0516. The molecule has 1 saturated carbocycles. The second-order valence-corrected chi connectivity index (χ2v) is 7.18. The molecule has 0 radical (unpaired) electrons. The van der Waals surface area contributed by atoms with Crippen LogP contribution in [-0.4, -0.2) is 10.8 Å². The number of para-hydroxylation sites is 2. The smallest absolute Gasteiger partial charge is 0.209 e. The van der Waals surface area contributed by atoms with Gasteiger partial charge in [0.2, 0.25) is 5.89 Å². The van der Waals surface area contributed by atoms with Gasteiger partial charge in [0, 0.05) is 6.42 Å². The topological polar surface area (TPSA) is 43.1 Å². The second-order valence-electron chi connectivity index (χ2n) is 7.18. The van der Waals surface area contributed by atoms with Crippen molar-refractivity contribution in [2.45, 2.75) is 44.4 Å². The van der Waals surface area contributed by atoms with Crippen LogP contribution in [0.4, 0.5) is 4.39 Å². The predicted octanol–water partition coefficient (Wildman–Crippen LogP) is 4.93. The monoisotopic (exact) mass is 337 g/mol. The number of carbonyl (C=O) groups excluding carboxylic acids is 1. The lowest BCUT2D eigenvalue weighted by atomic mass is 9.93. The molecule has 1 aliphatic rings. The van der Waals surface area contributed by atoms with Crippen molar-refractivity contribution < 1.29 is 13.6 Å². The zero-order valence-electron chi connectivity index (χ0n) is 14.4. The van der Waals surface area contributed by atoms with Gasteiger partial charge in [-0.05, 0) is 48.1 Å². The Morgan fingerprint density at radius 1 is 1.24 bits per heavy atom. The van der Waals surface area contributed by atoms with Crippen LogP contribution in [0.15, 0.2) is 46.9 Å². The van der Waals surface area contributed by atoms with Gasteiger partial charge in [-0.15, -0.1) is 0 Å². The summed E-state index contributed by atoms with van der Waals surface area (Å²) in [6, 6.07) is 12.6. The lowest BCUT2D eigenvalue weighted by Gasteiger charge is -2.12. The van der Waals surface area contributed by atoms with E-state index in [1.807, 2.05) is 44.2 Å². The zero-order valence-corrected chi connectivity index (χ0v) is 14.4. The zero-order chi connectivity index (χ0) is 17.6. The fourth-order valence-electron chi connectivity index (χ4n) is 3.32. The standard InChI is InChI=1S/C21H20FNO2/c1-13(2)15-8-7-14(11-16(15)22)12-19(24)21(9-10-21)20-23-17-5-3-4-6-18(17)25-20/h3-8,11,13H,9-10,12H2,1-2H3. The number of benzene rings is 2. The van der Waals surface area contributed by atoms with Gasteiger partial charge in [0.15, 0.2) is 11.4 Å². The summed E-state index contributed by atoms with van der Waals surface area (Å²) in [5, 5.41) is 0. The maximum absolute atomic E-state index is 14.2. The number of nitrogens with zero attached hydrogens (tertiary/aromatic N) is 1. The van der Waals surface area contributed by atoms with E-state index < -0.39 is 5.41 Å². The highest BCUT2D eigenvalue weighted by Crippen LogP contribution is 2.49. The van der Waals surface area contributed by atoms with E-state index in [0.717, 1.165) is 18.4 Å². The molecular formula is C21H20FNO2. The molecule has 0 atom stereocenters. The normalized spacial score (nSPS) is 15.7. The fourth-order valence-corrected chi connectivity index (χ4v) is 3.32. The molecule has 1 aliphatic carbocycles. The van der Waals surface area contributed by atoms with Crippen molar-refractivity contribution in [2.75, 3.05) is 0 Å². The highest BCUT2D eigenvalue weighted by molar-refractivity contribution is 5.94. The molecule has 2 aromatic carbocycles. The Morgan fingerprint density at radius 3 is 2.64 bits per heavy atom. The van der Waals surface area contributed by atoms with Crippen LogP contribution in [0.3, 0.4) is 0 Å². The summed E-state index contributed by atoms with van der Waals surface area (Å²) in [4.78, 5) is 17.4. The summed E-state index contributed by atoms with van der Waals surface area (Å²) in [5.41, 5.74) is 2.21. The van der Waals surface area contributed by atoms with Crippen molar-refractivity contribution >= 4 is 16.9 Å². The Kier molecular flexibility index (Phi) is 3.71. The summed E-state index contributed by atoms with van der Waals surface area (Å²) in [6.07, 6.45) is 1.68. The first-order chi connectivity index (χ1) is 12.0. The molecule has 3 aromatic rings. The third-order valence-corrected chi connectivity index (χ3v) is 5.04. The van der Waals surface area contributed by atoms with Gasteiger partial charge in [-0.1, -0.05) is 38.1 Å². The fraction of sp³-hybridized carbons (Fsp3) is 0.333. The number of halogens is 1. The van der Waals surface area contributed by atoms with Crippen LogP contribution in [0, 0.1) is 5.82 Å². The van der Waals surface area contributed by atoms with E-state index in [2.05, 4.69) is 4.98 Å². The summed E-state index contributed by atoms with van der Waals surface area (Å²) in [6.45, 7) is 3.91. The molecule has 0 N–H and O–H groups in total. The molecule has 4 heteroatoms. The SMILES string of the molecule is CC(C)c1ccc(CC(=O)C2(c3nc4ccccc4o3)CC2)cc1F. The summed E-state index contributed by atoms with van der Waals surface area (Å²) in [7, 11) is 0. The van der Waals surface area contributed by atoms with Crippen LogP contribution in [-0.2, 0) is 16.6 Å². The first-order valence-corrected chi connectivity index (χ1v) is 8.67. The first kappa shape index (κ1) is 16.0. The Bertz CT molecular complexity index is 920. The molecule has 25 heavy (non-hydrogen) atoms. The van der Waals surface area contributed by atoms with Crippen molar-refractivity contribution in [3.63, 3.8) is 0 Å². The number of hydrogen-bond acceptors (Lipinski definition) is 3. The van der Waals surface area contributed by atoms with Gasteiger partial charge in [0.25, 0.3) is 0 Å². The summed E-state index contributed by atoms with van der Waals surface area (Å²) in [5.74, 6) is 0.431. The molecule has 0 amide bonds. The Balaban J connectivity index is 1.59. The third-order valence-electron chi connectivity index (χ3n) is 5.04. The van der Waals surface area contributed by atoms with Gasteiger partial charge in [0.05, 0.1) is 0 Å². The van der Waals surface area contributed by atoms with E-state index in [9.17, 15) is 9.18 Å². The molecule has 3 nitrogen and oxygen atoms in total. The van der Waals surface area contributed by atoms with Gasteiger partial charge in [-0.25, -0.2) is 9.37 Å². The van der Waals surface area contributed by atoms with Crippen molar-refractivity contribution in [3.05, 3.63) is 65.3 Å².